The van der Waals surface area contributed by atoms with E-state index in [0.29, 0.717) is 6.04 Å². The van der Waals surface area contributed by atoms with Crippen LogP contribution in [0.5, 0.6) is 0 Å². The predicted octanol–water partition coefficient (Wildman–Crippen LogP) is 0.657. The number of hydrogen-bond donors (Lipinski definition) is 3. The number of nitrogens with one attached hydrogen (secondary N) is 2. The minimum atomic E-state index is -0.710. The maximum Gasteiger partial charge on any atom is 0.305 e. The molecule has 0 amide bonds. The molecule has 2 aliphatic rings. The average molecular weight is 269 g/mol. The summed E-state index contributed by atoms with van der Waals surface area (Å²) in [6.07, 6.45) is 5.33. The van der Waals surface area contributed by atoms with Crippen molar-refractivity contribution in [2.75, 3.05) is 32.7 Å². The van der Waals surface area contributed by atoms with Crippen LogP contribution in [-0.2, 0) is 4.79 Å². The van der Waals surface area contributed by atoms with Gasteiger partial charge in [0.15, 0.2) is 0 Å². The van der Waals surface area contributed by atoms with Gasteiger partial charge in [0.25, 0.3) is 0 Å². The molecule has 0 aliphatic carbocycles. The van der Waals surface area contributed by atoms with E-state index in [1.54, 1.807) is 0 Å². The normalized spacial score (nSPS) is 26.9. The van der Waals surface area contributed by atoms with Crippen LogP contribution in [0, 0.1) is 0 Å². The summed E-state index contributed by atoms with van der Waals surface area (Å²) >= 11 is 0. The van der Waals surface area contributed by atoms with E-state index in [1.807, 2.05) is 0 Å². The first kappa shape index (κ1) is 14.8. The van der Waals surface area contributed by atoms with Gasteiger partial charge in [-0.3, -0.25) is 4.79 Å². The highest BCUT2D eigenvalue weighted by molar-refractivity contribution is 5.68. The summed E-state index contributed by atoms with van der Waals surface area (Å²) in [5, 5.41) is 15.6. The zero-order chi connectivity index (χ0) is 13.7. The molecule has 0 aromatic heterocycles. The lowest BCUT2D eigenvalue weighted by atomic mass is 9.88. The van der Waals surface area contributed by atoms with Gasteiger partial charge >= 0.3 is 5.97 Å². The van der Waals surface area contributed by atoms with Gasteiger partial charge in [-0.2, -0.15) is 0 Å². The first-order valence-electron chi connectivity index (χ1n) is 7.53. The minimum Gasteiger partial charge on any atom is -0.481 e. The number of rotatable bonds is 7. The summed E-state index contributed by atoms with van der Waals surface area (Å²) in [6, 6.07) is 0.715. The summed E-state index contributed by atoms with van der Waals surface area (Å²) in [5.74, 6) is -0.710. The Morgan fingerprint density at radius 1 is 1.47 bits per heavy atom. The van der Waals surface area contributed by atoms with Crippen molar-refractivity contribution in [1.29, 1.82) is 0 Å². The molecule has 2 aliphatic heterocycles. The lowest BCUT2D eigenvalue weighted by Gasteiger charge is -2.43. The van der Waals surface area contributed by atoms with Gasteiger partial charge in [0.2, 0.25) is 0 Å². The molecule has 0 radical (unpaired) electrons. The second kappa shape index (κ2) is 6.68. The highest BCUT2D eigenvalue weighted by Crippen LogP contribution is 2.17. The van der Waals surface area contributed by atoms with Crippen LogP contribution >= 0.6 is 0 Å². The molecule has 2 heterocycles. The molecule has 2 rings (SSSR count). The van der Waals surface area contributed by atoms with Crippen LogP contribution in [0.2, 0.25) is 0 Å². The number of carboxylic acid groups (broad SMARTS) is 1. The highest BCUT2D eigenvalue weighted by atomic mass is 16.4. The van der Waals surface area contributed by atoms with E-state index in [1.165, 1.54) is 25.8 Å². The van der Waals surface area contributed by atoms with Crippen molar-refractivity contribution in [2.24, 2.45) is 0 Å². The standard InChI is InChI=1S/C14H27N3O2/c1-12-5-2-3-7-17(12)8-4-6-16-14(9-13(18)19)10-15-11-14/h12,15-16H,2-11H2,1H3,(H,18,19). The van der Waals surface area contributed by atoms with Crippen LogP contribution in [0.1, 0.15) is 39.0 Å². The third-order valence-corrected chi connectivity index (χ3v) is 4.48. The van der Waals surface area contributed by atoms with Crippen molar-refractivity contribution in [2.45, 2.75) is 50.6 Å². The van der Waals surface area contributed by atoms with Crippen LogP contribution < -0.4 is 10.6 Å². The molecular formula is C14H27N3O2. The predicted molar refractivity (Wildman–Crippen MR) is 75.4 cm³/mol. The third-order valence-electron chi connectivity index (χ3n) is 4.48. The monoisotopic (exact) mass is 269 g/mol. The molecule has 1 atom stereocenters. The van der Waals surface area contributed by atoms with Crippen molar-refractivity contribution in [3.05, 3.63) is 0 Å². The van der Waals surface area contributed by atoms with Crippen molar-refractivity contribution in [3.8, 4) is 0 Å². The Morgan fingerprint density at radius 2 is 2.26 bits per heavy atom. The molecule has 110 valence electrons. The Balaban J connectivity index is 1.64. The molecule has 0 bridgehead atoms. The van der Waals surface area contributed by atoms with Crippen LogP contribution in [-0.4, -0.2) is 60.3 Å². The maximum atomic E-state index is 10.9. The second-order valence-corrected chi connectivity index (χ2v) is 6.12. The van der Waals surface area contributed by atoms with E-state index in [4.69, 9.17) is 5.11 Å². The molecular weight excluding hydrogens is 242 g/mol. The van der Waals surface area contributed by atoms with E-state index in [-0.39, 0.29) is 12.0 Å². The smallest absolute Gasteiger partial charge is 0.305 e. The number of likely N-dealkylation sites (tertiary alicyclic amines) is 1. The molecule has 3 N–H and O–H groups in total. The molecule has 0 saturated carbocycles. The first-order valence-corrected chi connectivity index (χ1v) is 7.53. The number of piperidine rings is 1. The van der Waals surface area contributed by atoms with E-state index in [2.05, 4.69) is 22.5 Å². The van der Waals surface area contributed by atoms with Gasteiger partial charge in [-0.25, -0.2) is 0 Å². The summed E-state index contributed by atoms with van der Waals surface area (Å²) < 4.78 is 0. The van der Waals surface area contributed by atoms with Gasteiger partial charge in [0.05, 0.1) is 12.0 Å². The Labute approximate surface area is 115 Å². The van der Waals surface area contributed by atoms with Gasteiger partial charge < -0.3 is 20.6 Å². The van der Waals surface area contributed by atoms with E-state index < -0.39 is 5.97 Å². The third kappa shape index (κ3) is 4.16. The molecule has 0 aromatic carbocycles. The molecule has 0 aromatic rings. The van der Waals surface area contributed by atoms with Crippen LogP contribution in [0.3, 0.4) is 0 Å². The number of aliphatic carboxylic acids is 1. The van der Waals surface area contributed by atoms with E-state index in [0.717, 1.165) is 32.6 Å². The molecule has 0 spiro atoms. The zero-order valence-electron chi connectivity index (χ0n) is 12.0. The fourth-order valence-electron chi connectivity index (χ4n) is 3.15. The fraction of sp³-hybridized carbons (Fsp3) is 0.929. The van der Waals surface area contributed by atoms with E-state index in [9.17, 15) is 4.79 Å². The second-order valence-electron chi connectivity index (χ2n) is 6.12. The zero-order valence-corrected chi connectivity index (χ0v) is 12.0. The van der Waals surface area contributed by atoms with Gasteiger partial charge in [0, 0.05) is 19.1 Å². The lowest BCUT2D eigenvalue weighted by molar-refractivity contribution is -0.139. The van der Waals surface area contributed by atoms with Crippen molar-refractivity contribution in [1.82, 2.24) is 15.5 Å². The Kier molecular flexibility index (Phi) is 5.19. The largest absolute Gasteiger partial charge is 0.481 e. The first-order chi connectivity index (χ1) is 9.11. The Bertz CT molecular complexity index is 305. The van der Waals surface area contributed by atoms with Gasteiger partial charge in [-0.1, -0.05) is 6.42 Å². The summed E-state index contributed by atoms with van der Waals surface area (Å²) in [5.41, 5.74) is -0.195. The van der Waals surface area contributed by atoms with Crippen LogP contribution in [0.25, 0.3) is 0 Å². The van der Waals surface area contributed by atoms with Crippen molar-refractivity contribution < 1.29 is 9.90 Å². The molecule has 19 heavy (non-hydrogen) atoms. The van der Waals surface area contributed by atoms with Gasteiger partial charge in [-0.15, -0.1) is 0 Å². The summed E-state index contributed by atoms with van der Waals surface area (Å²) in [7, 11) is 0. The van der Waals surface area contributed by atoms with Crippen molar-refractivity contribution in [3.63, 3.8) is 0 Å². The highest BCUT2D eigenvalue weighted by Gasteiger charge is 2.38. The Hall–Kier alpha value is -0.650. The van der Waals surface area contributed by atoms with Crippen LogP contribution in [0.4, 0.5) is 0 Å². The summed E-state index contributed by atoms with van der Waals surface area (Å²) in [6.45, 7) is 7.14. The molecule has 1 unspecified atom stereocenters. The van der Waals surface area contributed by atoms with E-state index >= 15 is 0 Å². The molecule has 2 fully saturated rings. The summed E-state index contributed by atoms with van der Waals surface area (Å²) in [4.78, 5) is 13.4. The molecule has 5 nitrogen and oxygen atoms in total. The SMILES string of the molecule is CC1CCCCN1CCCNC1(CC(=O)O)CNC1. The quantitative estimate of drug-likeness (QED) is 0.593. The number of carboxylic acids is 1. The Morgan fingerprint density at radius 3 is 2.84 bits per heavy atom. The number of carbonyl (C=O) groups is 1. The minimum absolute atomic E-state index is 0.195. The topological polar surface area (TPSA) is 64.6 Å². The van der Waals surface area contributed by atoms with Gasteiger partial charge in [-0.05, 0) is 45.8 Å². The fourth-order valence-corrected chi connectivity index (χ4v) is 3.15. The van der Waals surface area contributed by atoms with Crippen LogP contribution in [0.15, 0.2) is 0 Å². The molecule has 2 saturated heterocycles. The van der Waals surface area contributed by atoms with Crippen molar-refractivity contribution >= 4 is 5.97 Å². The maximum absolute atomic E-state index is 10.9. The van der Waals surface area contributed by atoms with Gasteiger partial charge in [0.1, 0.15) is 0 Å². The lowest BCUT2D eigenvalue weighted by Crippen LogP contribution is -2.68. The number of nitrogens with zero attached hydrogens (tertiary/aromatic N) is 1. The molecule has 5 heteroatoms. The number of hydrogen-bond acceptors (Lipinski definition) is 4. The average Bonchev–Trinajstić information content (AvgIpc) is 2.32.